The summed E-state index contributed by atoms with van der Waals surface area (Å²) in [6.07, 6.45) is 0. The molecule has 2 aromatic carbocycles. The second kappa shape index (κ2) is 5.31. The number of fused-ring (bicyclic) bond motifs is 1. The fourth-order valence-electron chi connectivity index (χ4n) is 2.61. The molecule has 8 heteroatoms. The van der Waals surface area contributed by atoms with Crippen LogP contribution in [0.15, 0.2) is 47.4 Å². The molecule has 1 aliphatic rings. The van der Waals surface area contributed by atoms with Crippen molar-refractivity contribution in [3.63, 3.8) is 0 Å². The smallest absolute Gasteiger partial charge is 0.312 e. The van der Waals surface area contributed by atoms with Crippen molar-refractivity contribution in [1.29, 1.82) is 0 Å². The van der Waals surface area contributed by atoms with Crippen LogP contribution >= 0.6 is 0 Å². The largest absolute Gasteiger partial charge is 0.481 e. The van der Waals surface area contributed by atoms with Crippen molar-refractivity contribution < 1.29 is 27.1 Å². The van der Waals surface area contributed by atoms with E-state index in [1.165, 1.54) is 12.1 Å². The van der Waals surface area contributed by atoms with Gasteiger partial charge in [0.25, 0.3) is 10.0 Å². The first kappa shape index (κ1) is 15.4. The summed E-state index contributed by atoms with van der Waals surface area (Å²) in [7, 11) is -4.42. The van der Waals surface area contributed by atoms with E-state index in [0.29, 0.717) is 5.56 Å². The van der Waals surface area contributed by atoms with Crippen molar-refractivity contribution in [2.24, 2.45) is 0 Å². The average molecular weight is 339 g/mol. The molecule has 2 aromatic rings. The van der Waals surface area contributed by atoms with Crippen molar-refractivity contribution in [2.45, 2.75) is 10.8 Å². The van der Waals surface area contributed by atoms with Gasteiger partial charge in [0.15, 0.2) is 11.6 Å². The van der Waals surface area contributed by atoms with Crippen LogP contribution in [0.4, 0.5) is 14.5 Å². The van der Waals surface area contributed by atoms with E-state index in [1.807, 2.05) is 0 Å². The maximum Gasteiger partial charge on any atom is 0.312 e. The highest BCUT2D eigenvalue weighted by Gasteiger charge is 2.40. The van der Waals surface area contributed by atoms with E-state index in [9.17, 15) is 27.1 Å². The number of hydrogen-bond donors (Lipinski definition) is 1. The number of benzene rings is 2. The first-order valence-electron chi connectivity index (χ1n) is 6.62. The minimum Gasteiger partial charge on any atom is -0.481 e. The van der Waals surface area contributed by atoms with Gasteiger partial charge in [-0.15, -0.1) is 0 Å². The maximum atomic E-state index is 13.9. The third-order valence-electron chi connectivity index (χ3n) is 3.71. The third kappa shape index (κ3) is 2.35. The molecule has 3 rings (SSSR count). The SMILES string of the molecule is O=C(O)[C@H]1CN(S(=O)(=O)c2cccc(F)c2F)c2ccccc21. The van der Waals surface area contributed by atoms with E-state index >= 15 is 0 Å². The van der Waals surface area contributed by atoms with Gasteiger partial charge in [0, 0.05) is 0 Å². The second-order valence-electron chi connectivity index (χ2n) is 5.04. The molecule has 120 valence electrons. The van der Waals surface area contributed by atoms with Crippen LogP contribution in [0, 0.1) is 11.6 Å². The van der Waals surface area contributed by atoms with E-state index in [0.717, 1.165) is 22.5 Å². The number of sulfonamides is 1. The van der Waals surface area contributed by atoms with Crippen LogP contribution in [0.2, 0.25) is 0 Å². The van der Waals surface area contributed by atoms with E-state index in [1.54, 1.807) is 12.1 Å². The molecular weight excluding hydrogens is 328 g/mol. The normalized spacial score (nSPS) is 17.1. The third-order valence-corrected chi connectivity index (χ3v) is 5.51. The molecule has 0 saturated carbocycles. The molecule has 0 bridgehead atoms. The van der Waals surface area contributed by atoms with Gasteiger partial charge in [0.05, 0.1) is 12.2 Å². The van der Waals surface area contributed by atoms with Gasteiger partial charge in [-0.3, -0.25) is 9.10 Å². The van der Waals surface area contributed by atoms with Gasteiger partial charge < -0.3 is 5.11 Å². The first-order valence-corrected chi connectivity index (χ1v) is 8.06. The number of rotatable bonds is 3. The molecule has 0 spiro atoms. The average Bonchev–Trinajstić information content (AvgIpc) is 2.90. The number of anilines is 1. The Kier molecular flexibility index (Phi) is 3.56. The molecule has 0 unspecified atom stereocenters. The lowest BCUT2D eigenvalue weighted by molar-refractivity contribution is -0.138. The predicted molar refractivity (Wildman–Crippen MR) is 77.7 cm³/mol. The number of para-hydroxylation sites is 1. The van der Waals surface area contributed by atoms with Gasteiger partial charge in [-0.25, -0.2) is 17.2 Å². The fraction of sp³-hybridized carbons (Fsp3) is 0.133. The number of carboxylic acid groups (broad SMARTS) is 1. The Morgan fingerprint density at radius 2 is 1.83 bits per heavy atom. The second-order valence-corrected chi connectivity index (χ2v) is 6.87. The van der Waals surface area contributed by atoms with Crippen LogP contribution < -0.4 is 4.31 Å². The molecule has 0 radical (unpaired) electrons. The first-order chi connectivity index (χ1) is 10.8. The standard InChI is InChI=1S/C15H11F2NO4S/c16-11-5-3-7-13(14(11)17)23(21,22)18-8-10(15(19)20)9-4-1-2-6-12(9)18/h1-7,10H,8H2,(H,19,20)/t10-/m0/s1. The number of aliphatic carboxylic acids is 1. The zero-order valence-corrected chi connectivity index (χ0v) is 12.4. The molecular formula is C15H11F2NO4S. The van der Waals surface area contributed by atoms with E-state index in [4.69, 9.17) is 0 Å². The van der Waals surface area contributed by atoms with Crippen molar-refractivity contribution in [1.82, 2.24) is 0 Å². The zero-order chi connectivity index (χ0) is 16.8. The molecule has 0 aromatic heterocycles. The number of carbonyl (C=O) groups is 1. The molecule has 1 heterocycles. The number of carboxylic acids is 1. The summed E-state index contributed by atoms with van der Waals surface area (Å²) in [5.74, 6) is -5.01. The Morgan fingerprint density at radius 1 is 1.13 bits per heavy atom. The zero-order valence-electron chi connectivity index (χ0n) is 11.6. The predicted octanol–water partition coefficient (Wildman–Crippen LogP) is 2.34. The van der Waals surface area contributed by atoms with Crippen LogP contribution in [-0.4, -0.2) is 26.0 Å². The molecule has 0 amide bonds. The number of nitrogens with zero attached hydrogens (tertiary/aromatic N) is 1. The highest BCUT2D eigenvalue weighted by atomic mass is 32.2. The lowest BCUT2D eigenvalue weighted by Gasteiger charge is -2.20. The van der Waals surface area contributed by atoms with Crippen LogP contribution in [0.1, 0.15) is 11.5 Å². The summed E-state index contributed by atoms with van der Waals surface area (Å²) in [6, 6.07) is 8.93. The minimum absolute atomic E-state index is 0.156. The quantitative estimate of drug-likeness (QED) is 0.931. The van der Waals surface area contributed by atoms with Crippen molar-refractivity contribution in [3.8, 4) is 0 Å². The van der Waals surface area contributed by atoms with Crippen LogP contribution in [0.3, 0.4) is 0 Å². The van der Waals surface area contributed by atoms with E-state index in [-0.39, 0.29) is 12.2 Å². The summed E-state index contributed by atoms with van der Waals surface area (Å²) in [5, 5.41) is 9.26. The molecule has 1 N–H and O–H groups in total. The summed E-state index contributed by atoms with van der Waals surface area (Å²) in [6.45, 7) is -0.368. The topological polar surface area (TPSA) is 74.7 Å². The van der Waals surface area contributed by atoms with Crippen molar-refractivity contribution >= 4 is 21.7 Å². The molecule has 5 nitrogen and oxygen atoms in total. The summed E-state index contributed by atoms with van der Waals surface area (Å²) < 4.78 is 53.4. The molecule has 0 fully saturated rings. The van der Waals surface area contributed by atoms with Gasteiger partial charge in [0.1, 0.15) is 10.8 Å². The van der Waals surface area contributed by atoms with Gasteiger partial charge in [0.2, 0.25) is 0 Å². The Hall–Kier alpha value is -2.48. The Bertz CT molecular complexity index is 898. The maximum absolute atomic E-state index is 13.9. The summed E-state index contributed by atoms with van der Waals surface area (Å²) in [4.78, 5) is 10.5. The highest BCUT2D eigenvalue weighted by molar-refractivity contribution is 7.92. The highest BCUT2D eigenvalue weighted by Crippen LogP contribution is 2.40. The fourth-order valence-corrected chi connectivity index (χ4v) is 4.19. The van der Waals surface area contributed by atoms with Crippen LogP contribution in [-0.2, 0) is 14.8 Å². The van der Waals surface area contributed by atoms with Crippen molar-refractivity contribution in [3.05, 3.63) is 59.7 Å². The van der Waals surface area contributed by atoms with Gasteiger partial charge in [-0.05, 0) is 23.8 Å². The Labute approximate surface area is 130 Å². The minimum atomic E-state index is -4.42. The summed E-state index contributed by atoms with van der Waals surface area (Å²) >= 11 is 0. The lowest BCUT2D eigenvalue weighted by Crippen LogP contribution is -2.32. The van der Waals surface area contributed by atoms with Gasteiger partial charge in [-0.2, -0.15) is 0 Å². The van der Waals surface area contributed by atoms with E-state index in [2.05, 4.69) is 0 Å². The lowest BCUT2D eigenvalue weighted by atomic mass is 10.0. The van der Waals surface area contributed by atoms with Crippen LogP contribution in [0.25, 0.3) is 0 Å². The molecule has 1 atom stereocenters. The molecule has 23 heavy (non-hydrogen) atoms. The number of halogens is 2. The number of hydrogen-bond acceptors (Lipinski definition) is 3. The summed E-state index contributed by atoms with van der Waals surface area (Å²) in [5.41, 5.74) is 0.476. The van der Waals surface area contributed by atoms with Crippen LogP contribution in [0.5, 0.6) is 0 Å². The Morgan fingerprint density at radius 3 is 2.52 bits per heavy atom. The van der Waals surface area contributed by atoms with E-state index < -0.39 is 38.4 Å². The Balaban J connectivity index is 2.15. The monoisotopic (exact) mass is 339 g/mol. The molecule has 0 saturated heterocycles. The molecule has 0 aliphatic carbocycles. The van der Waals surface area contributed by atoms with Gasteiger partial charge >= 0.3 is 5.97 Å². The van der Waals surface area contributed by atoms with Gasteiger partial charge in [-0.1, -0.05) is 24.3 Å². The van der Waals surface area contributed by atoms with Crippen molar-refractivity contribution in [2.75, 3.05) is 10.8 Å². The molecule has 1 aliphatic heterocycles.